The van der Waals surface area contributed by atoms with Crippen LogP contribution < -0.4 is 9.64 Å². The fourth-order valence-corrected chi connectivity index (χ4v) is 6.39. The molecule has 2 aromatic rings. The summed E-state index contributed by atoms with van der Waals surface area (Å²) in [4.78, 5) is 25.8. The molecule has 0 saturated heterocycles. The molecule has 0 amide bonds. The molecule has 1 spiro atoms. The second-order valence-electron chi connectivity index (χ2n) is 10.5. The Morgan fingerprint density at radius 3 is 2.77 bits per heavy atom. The Kier molecular flexibility index (Phi) is 4.82. The standard InChI is InChI=1S/C28H28N2O5/c1-27(2)23-5-3-4-6-24(23)29(13-14-34-26(31)22-16-18-7-8-19(22)15-18)28(27)12-11-20-17-21(30(32)33)9-10-25(20)35-28/h3-12,17-19,22H,13-16H2,1-2H3. The zero-order chi connectivity index (χ0) is 24.4. The first-order valence-electron chi connectivity index (χ1n) is 12.2. The Morgan fingerprint density at radius 2 is 2.03 bits per heavy atom. The van der Waals surface area contributed by atoms with Crippen LogP contribution in [0.2, 0.25) is 0 Å². The van der Waals surface area contributed by atoms with Crippen LogP contribution in [0.15, 0.2) is 60.7 Å². The number of para-hydroxylation sites is 1. The lowest BCUT2D eigenvalue weighted by Crippen LogP contribution is -2.60. The first kappa shape index (κ1) is 21.9. The molecule has 6 rings (SSSR count). The molecule has 0 radical (unpaired) electrons. The third-order valence-electron chi connectivity index (χ3n) is 8.26. The van der Waals surface area contributed by atoms with Crippen LogP contribution in [-0.2, 0) is 14.9 Å². The van der Waals surface area contributed by atoms with Crippen molar-refractivity contribution in [2.45, 2.75) is 37.8 Å². The molecule has 2 aromatic carbocycles. The summed E-state index contributed by atoms with van der Waals surface area (Å²) in [7, 11) is 0. The third kappa shape index (κ3) is 3.21. The SMILES string of the molecule is CC1(C)c2ccccc2N(CCOC(=O)C2CC3C=CC2C3)C12C=Cc1cc([N+](=O)[O-])ccc1O2. The zero-order valence-corrected chi connectivity index (χ0v) is 19.8. The summed E-state index contributed by atoms with van der Waals surface area (Å²) in [5, 5.41) is 11.2. The number of anilines is 1. The average Bonchev–Trinajstić information content (AvgIpc) is 3.53. The van der Waals surface area contributed by atoms with Crippen LogP contribution in [0.4, 0.5) is 11.4 Å². The number of nitro benzene ring substituents is 1. The predicted molar refractivity (Wildman–Crippen MR) is 132 cm³/mol. The molecule has 1 saturated carbocycles. The van der Waals surface area contributed by atoms with E-state index in [2.05, 4.69) is 43.0 Å². The minimum atomic E-state index is -0.860. The summed E-state index contributed by atoms with van der Waals surface area (Å²) >= 11 is 0. The number of rotatable bonds is 5. The van der Waals surface area contributed by atoms with Crippen LogP contribution in [0.5, 0.6) is 5.75 Å². The highest BCUT2D eigenvalue weighted by molar-refractivity contribution is 5.75. The number of esters is 1. The quantitative estimate of drug-likeness (QED) is 0.256. The van der Waals surface area contributed by atoms with Crippen molar-refractivity contribution in [3.05, 3.63) is 81.9 Å². The van der Waals surface area contributed by atoms with Gasteiger partial charge in [0.2, 0.25) is 5.72 Å². The molecule has 2 aliphatic carbocycles. The lowest BCUT2D eigenvalue weighted by Gasteiger charge is -2.47. The summed E-state index contributed by atoms with van der Waals surface area (Å²) in [6.45, 7) is 5.00. The van der Waals surface area contributed by atoms with Crippen LogP contribution in [0, 0.1) is 27.9 Å². The summed E-state index contributed by atoms with van der Waals surface area (Å²) < 4.78 is 12.5. The van der Waals surface area contributed by atoms with Crippen molar-refractivity contribution in [2.24, 2.45) is 17.8 Å². The second-order valence-corrected chi connectivity index (χ2v) is 10.5. The molecule has 35 heavy (non-hydrogen) atoms. The number of non-ortho nitro benzene ring substituents is 1. The maximum absolute atomic E-state index is 12.8. The highest BCUT2D eigenvalue weighted by atomic mass is 16.6. The monoisotopic (exact) mass is 472 g/mol. The molecular weight excluding hydrogens is 444 g/mol. The van der Waals surface area contributed by atoms with E-state index in [-0.39, 0.29) is 24.2 Å². The van der Waals surface area contributed by atoms with Gasteiger partial charge in [0.05, 0.1) is 22.8 Å². The molecule has 2 bridgehead atoms. The topological polar surface area (TPSA) is 81.9 Å². The lowest BCUT2D eigenvalue weighted by atomic mass is 9.76. The normalized spacial score (nSPS) is 28.6. The number of nitrogens with zero attached hydrogens (tertiary/aromatic N) is 2. The first-order chi connectivity index (χ1) is 16.8. The second kappa shape index (κ2) is 7.70. The average molecular weight is 473 g/mol. The number of hydrogen-bond donors (Lipinski definition) is 0. The maximum Gasteiger partial charge on any atom is 0.309 e. The molecule has 180 valence electrons. The van der Waals surface area contributed by atoms with E-state index < -0.39 is 16.1 Å². The van der Waals surface area contributed by atoms with Crippen molar-refractivity contribution in [1.82, 2.24) is 0 Å². The number of nitro groups is 1. The largest absolute Gasteiger partial charge is 0.464 e. The third-order valence-corrected chi connectivity index (χ3v) is 8.26. The van der Waals surface area contributed by atoms with Gasteiger partial charge in [-0.3, -0.25) is 14.9 Å². The van der Waals surface area contributed by atoms with Crippen molar-refractivity contribution in [3.8, 4) is 5.75 Å². The van der Waals surface area contributed by atoms with Gasteiger partial charge >= 0.3 is 5.97 Å². The molecule has 7 nitrogen and oxygen atoms in total. The zero-order valence-electron chi connectivity index (χ0n) is 19.8. The summed E-state index contributed by atoms with van der Waals surface area (Å²) in [6, 6.07) is 12.9. The van der Waals surface area contributed by atoms with Gasteiger partial charge < -0.3 is 14.4 Å². The Hall–Kier alpha value is -3.61. The van der Waals surface area contributed by atoms with Crippen LogP contribution in [0.25, 0.3) is 6.08 Å². The van der Waals surface area contributed by atoms with Gasteiger partial charge in [0.15, 0.2) is 0 Å². The van der Waals surface area contributed by atoms with Gasteiger partial charge in [0.25, 0.3) is 5.69 Å². The number of carbonyl (C=O) groups is 1. The van der Waals surface area contributed by atoms with E-state index in [1.165, 1.54) is 12.1 Å². The van der Waals surface area contributed by atoms with Gasteiger partial charge in [-0.05, 0) is 68.4 Å². The smallest absolute Gasteiger partial charge is 0.309 e. The van der Waals surface area contributed by atoms with Gasteiger partial charge in [0.1, 0.15) is 12.4 Å². The van der Waals surface area contributed by atoms with Gasteiger partial charge in [-0.1, -0.05) is 30.4 Å². The highest BCUT2D eigenvalue weighted by Crippen LogP contribution is 2.55. The number of benzene rings is 2. The van der Waals surface area contributed by atoms with Crippen LogP contribution >= 0.6 is 0 Å². The van der Waals surface area contributed by atoms with E-state index in [0.717, 1.165) is 24.1 Å². The summed E-state index contributed by atoms with van der Waals surface area (Å²) in [5.74, 6) is 1.28. The molecule has 4 unspecified atom stereocenters. The molecule has 7 heteroatoms. The lowest BCUT2D eigenvalue weighted by molar-refractivity contribution is -0.384. The Labute approximate surface area is 204 Å². The Balaban J connectivity index is 1.28. The molecule has 4 atom stereocenters. The maximum atomic E-state index is 12.8. The van der Waals surface area contributed by atoms with E-state index >= 15 is 0 Å². The molecule has 2 heterocycles. The summed E-state index contributed by atoms with van der Waals surface area (Å²) in [6.07, 6.45) is 10.2. The van der Waals surface area contributed by atoms with Crippen LogP contribution in [0.1, 0.15) is 37.8 Å². The number of fused-ring (bicyclic) bond motifs is 4. The number of allylic oxidation sites excluding steroid dienone is 2. The minimum absolute atomic E-state index is 0.0288. The Bertz CT molecular complexity index is 1280. The van der Waals surface area contributed by atoms with Crippen molar-refractivity contribution in [2.75, 3.05) is 18.1 Å². The fraction of sp³-hybridized carbons (Fsp3) is 0.393. The van der Waals surface area contributed by atoms with E-state index in [1.54, 1.807) is 6.07 Å². The van der Waals surface area contributed by atoms with E-state index in [1.807, 2.05) is 24.3 Å². The van der Waals surface area contributed by atoms with Gasteiger partial charge in [0, 0.05) is 23.4 Å². The number of carbonyl (C=O) groups excluding carboxylic acids is 1. The fourth-order valence-electron chi connectivity index (χ4n) is 6.39. The van der Waals surface area contributed by atoms with Crippen molar-refractivity contribution in [1.29, 1.82) is 0 Å². The minimum Gasteiger partial charge on any atom is -0.464 e. The van der Waals surface area contributed by atoms with E-state index in [9.17, 15) is 14.9 Å². The molecular formula is C28H28N2O5. The number of hydrogen-bond acceptors (Lipinski definition) is 6. The molecule has 0 N–H and O–H groups in total. The molecule has 1 fully saturated rings. The van der Waals surface area contributed by atoms with E-state index in [0.29, 0.717) is 29.7 Å². The van der Waals surface area contributed by atoms with Crippen molar-refractivity contribution < 1.29 is 19.2 Å². The first-order valence-corrected chi connectivity index (χ1v) is 12.2. The van der Waals surface area contributed by atoms with Crippen molar-refractivity contribution >= 4 is 23.4 Å². The van der Waals surface area contributed by atoms with Crippen LogP contribution in [-0.4, -0.2) is 29.8 Å². The van der Waals surface area contributed by atoms with Gasteiger partial charge in [-0.2, -0.15) is 0 Å². The molecule has 4 aliphatic rings. The molecule has 2 aliphatic heterocycles. The van der Waals surface area contributed by atoms with Gasteiger partial charge in [-0.15, -0.1) is 0 Å². The summed E-state index contributed by atoms with van der Waals surface area (Å²) in [5.41, 5.74) is 1.58. The van der Waals surface area contributed by atoms with E-state index in [4.69, 9.17) is 9.47 Å². The number of ether oxygens (including phenoxy) is 2. The molecule has 0 aromatic heterocycles. The van der Waals surface area contributed by atoms with Crippen LogP contribution in [0.3, 0.4) is 0 Å². The van der Waals surface area contributed by atoms with Crippen molar-refractivity contribution in [3.63, 3.8) is 0 Å². The predicted octanol–water partition coefficient (Wildman–Crippen LogP) is 5.25. The Morgan fingerprint density at radius 1 is 1.20 bits per heavy atom. The highest BCUT2D eigenvalue weighted by Gasteiger charge is 2.58. The van der Waals surface area contributed by atoms with Gasteiger partial charge in [-0.25, -0.2) is 0 Å².